The predicted molar refractivity (Wildman–Crippen MR) is 121 cm³/mol. The summed E-state index contributed by atoms with van der Waals surface area (Å²) in [5, 5.41) is 9.93. The molecule has 0 spiro atoms. The van der Waals surface area contributed by atoms with Crippen molar-refractivity contribution < 1.29 is 5.11 Å². The lowest BCUT2D eigenvalue weighted by Gasteiger charge is -2.32. The Hall–Kier alpha value is -0.820. The van der Waals surface area contributed by atoms with E-state index in [4.69, 9.17) is 0 Å². The maximum absolute atomic E-state index is 9.93. The molecule has 0 amide bonds. The van der Waals surface area contributed by atoms with Gasteiger partial charge in [-0.05, 0) is 102 Å². The summed E-state index contributed by atoms with van der Waals surface area (Å²) in [5.41, 5.74) is 4.61. The predicted octanol–water partition coefficient (Wildman–Crippen LogP) is 7.76. The fraction of sp³-hybridized carbons (Fsp3) is 0.778. The van der Waals surface area contributed by atoms with Gasteiger partial charge >= 0.3 is 0 Å². The third kappa shape index (κ3) is 5.85. The minimum Gasteiger partial charge on any atom is -0.390 e. The first-order chi connectivity index (χ1) is 13.4. The largest absolute Gasteiger partial charge is 0.390 e. The van der Waals surface area contributed by atoms with E-state index >= 15 is 0 Å². The van der Waals surface area contributed by atoms with Crippen LogP contribution in [0.3, 0.4) is 0 Å². The van der Waals surface area contributed by atoms with Crippen molar-refractivity contribution in [2.45, 2.75) is 110 Å². The van der Waals surface area contributed by atoms with Gasteiger partial charge < -0.3 is 5.11 Å². The molecule has 28 heavy (non-hydrogen) atoms. The molecule has 0 bridgehead atoms. The first kappa shape index (κ1) is 21.9. The van der Waals surface area contributed by atoms with Crippen molar-refractivity contribution in [2.24, 2.45) is 23.7 Å². The summed E-state index contributed by atoms with van der Waals surface area (Å²) in [5.74, 6) is 3.50. The molecule has 1 nitrogen and oxygen atoms in total. The van der Waals surface area contributed by atoms with Gasteiger partial charge in [-0.1, -0.05) is 61.1 Å². The van der Waals surface area contributed by atoms with Gasteiger partial charge in [-0.3, -0.25) is 0 Å². The normalized spacial score (nSPS) is 35.7. The second kappa shape index (κ2) is 9.79. The van der Waals surface area contributed by atoms with Gasteiger partial charge in [0.1, 0.15) is 0 Å². The molecule has 0 radical (unpaired) electrons. The average Bonchev–Trinajstić information content (AvgIpc) is 3.06. The van der Waals surface area contributed by atoms with E-state index in [0.717, 1.165) is 30.1 Å². The Morgan fingerprint density at radius 3 is 2.54 bits per heavy atom. The molecule has 3 rings (SSSR count). The summed E-state index contributed by atoms with van der Waals surface area (Å²) in [7, 11) is 0. The van der Waals surface area contributed by atoms with Gasteiger partial charge in [-0.2, -0.15) is 0 Å². The van der Waals surface area contributed by atoms with E-state index in [1.165, 1.54) is 70.6 Å². The zero-order valence-electron chi connectivity index (χ0n) is 19.0. The van der Waals surface area contributed by atoms with Crippen molar-refractivity contribution in [3.63, 3.8) is 0 Å². The Kier molecular flexibility index (Phi) is 7.65. The van der Waals surface area contributed by atoms with E-state index < -0.39 is 5.60 Å². The smallest absolute Gasteiger partial charge is 0.0591 e. The third-order valence-electron chi connectivity index (χ3n) is 7.90. The first-order valence-corrected chi connectivity index (χ1v) is 12.1. The second-order valence-corrected chi connectivity index (χ2v) is 10.6. The highest BCUT2D eigenvalue weighted by Gasteiger charge is 2.39. The molecular weight excluding hydrogens is 340 g/mol. The van der Waals surface area contributed by atoms with Crippen LogP contribution in [0.4, 0.5) is 0 Å². The minimum absolute atomic E-state index is 0.489. The maximum Gasteiger partial charge on any atom is 0.0591 e. The fourth-order valence-electron chi connectivity index (χ4n) is 6.29. The number of rotatable bonds is 6. The lowest BCUT2D eigenvalue weighted by molar-refractivity contribution is 0.0673. The lowest BCUT2D eigenvalue weighted by Crippen LogP contribution is -2.22. The van der Waals surface area contributed by atoms with E-state index in [-0.39, 0.29) is 0 Å². The molecule has 3 saturated carbocycles. The minimum atomic E-state index is -0.489. The third-order valence-corrected chi connectivity index (χ3v) is 7.90. The monoisotopic (exact) mass is 384 g/mol. The van der Waals surface area contributed by atoms with Crippen LogP contribution in [0, 0.1) is 23.7 Å². The van der Waals surface area contributed by atoms with Crippen LogP contribution in [-0.4, -0.2) is 10.7 Å². The van der Waals surface area contributed by atoms with Crippen molar-refractivity contribution in [1.29, 1.82) is 0 Å². The summed E-state index contributed by atoms with van der Waals surface area (Å²) in [6.07, 6.45) is 23.1. The standard InChI is InChI=1S/C27H44O/c1-5-22-14-12-21(19-20(22)2)13-15-24-10-8-11-25-23(16-17-26(24)25)9-6-7-18-27(3,4)28/h5,13,15,20,23,25-26,28H,6-12,14,16-19H2,1-4H3/b21-13-,22-5-,24-15+/t20-,23?,25?,26?/m1/s1. The van der Waals surface area contributed by atoms with Gasteiger partial charge in [0.25, 0.3) is 0 Å². The van der Waals surface area contributed by atoms with E-state index in [0.29, 0.717) is 0 Å². The van der Waals surface area contributed by atoms with Crippen molar-refractivity contribution in [1.82, 2.24) is 0 Å². The van der Waals surface area contributed by atoms with Gasteiger partial charge in [0.2, 0.25) is 0 Å². The van der Waals surface area contributed by atoms with Crippen LogP contribution in [0.25, 0.3) is 0 Å². The second-order valence-electron chi connectivity index (χ2n) is 10.6. The molecule has 0 aromatic heterocycles. The highest BCUT2D eigenvalue weighted by Crippen LogP contribution is 2.50. The Morgan fingerprint density at radius 2 is 1.82 bits per heavy atom. The molecule has 3 fully saturated rings. The van der Waals surface area contributed by atoms with Crippen molar-refractivity contribution in [2.75, 3.05) is 0 Å². The molecule has 4 atom stereocenters. The molecule has 0 heterocycles. The SMILES string of the molecule is C/C=C1/CC/C(=C/C=C2\CCCC3C(CCCCC(C)(C)O)CCC23)C[C@H]1C. The zero-order valence-corrected chi connectivity index (χ0v) is 19.0. The summed E-state index contributed by atoms with van der Waals surface area (Å²) in [6, 6.07) is 0. The Morgan fingerprint density at radius 1 is 1.00 bits per heavy atom. The number of hydrogen-bond acceptors (Lipinski definition) is 1. The van der Waals surface area contributed by atoms with Crippen LogP contribution in [-0.2, 0) is 0 Å². The quantitative estimate of drug-likeness (QED) is 0.366. The number of allylic oxidation sites excluding steroid dienone is 6. The van der Waals surface area contributed by atoms with Crippen LogP contribution >= 0.6 is 0 Å². The van der Waals surface area contributed by atoms with Gasteiger partial charge in [0.05, 0.1) is 5.60 Å². The molecule has 0 aromatic rings. The van der Waals surface area contributed by atoms with Gasteiger partial charge in [0, 0.05) is 0 Å². The molecule has 3 aliphatic carbocycles. The zero-order chi connectivity index (χ0) is 20.1. The number of fused-ring (bicyclic) bond motifs is 1. The molecule has 158 valence electrons. The topological polar surface area (TPSA) is 20.2 Å². The highest BCUT2D eigenvalue weighted by atomic mass is 16.3. The first-order valence-electron chi connectivity index (χ1n) is 12.1. The molecule has 0 aliphatic heterocycles. The van der Waals surface area contributed by atoms with Crippen molar-refractivity contribution in [3.8, 4) is 0 Å². The summed E-state index contributed by atoms with van der Waals surface area (Å²) < 4.78 is 0. The van der Waals surface area contributed by atoms with Gasteiger partial charge in [0.15, 0.2) is 0 Å². The molecule has 0 saturated heterocycles. The molecule has 1 heteroatoms. The van der Waals surface area contributed by atoms with Crippen LogP contribution in [0.5, 0.6) is 0 Å². The molecule has 0 aromatic carbocycles. The Bertz CT molecular complexity index is 600. The molecule has 3 unspecified atom stereocenters. The van der Waals surface area contributed by atoms with Crippen LogP contribution < -0.4 is 0 Å². The van der Waals surface area contributed by atoms with E-state index in [2.05, 4.69) is 32.1 Å². The average molecular weight is 385 g/mol. The van der Waals surface area contributed by atoms with Gasteiger partial charge in [-0.25, -0.2) is 0 Å². The lowest BCUT2D eigenvalue weighted by atomic mass is 9.73. The van der Waals surface area contributed by atoms with E-state index in [1.807, 2.05) is 13.8 Å². The molecular formula is C27H44O. The van der Waals surface area contributed by atoms with Crippen LogP contribution in [0.2, 0.25) is 0 Å². The molecule has 3 aliphatic rings. The Balaban J connectivity index is 1.54. The highest BCUT2D eigenvalue weighted by molar-refractivity contribution is 5.26. The number of hydrogen-bond donors (Lipinski definition) is 1. The summed E-state index contributed by atoms with van der Waals surface area (Å²) >= 11 is 0. The molecule has 1 N–H and O–H groups in total. The van der Waals surface area contributed by atoms with E-state index in [9.17, 15) is 5.11 Å². The van der Waals surface area contributed by atoms with Gasteiger partial charge in [-0.15, -0.1) is 0 Å². The van der Waals surface area contributed by atoms with Crippen LogP contribution in [0.1, 0.15) is 105 Å². The van der Waals surface area contributed by atoms with E-state index in [1.54, 1.807) is 16.7 Å². The number of unbranched alkanes of at least 4 members (excludes halogenated alkanes) is 1. The Labute approximate surface area is 174 Å². The summed E-state index contributed by atoms with van der Waals surface area (Å²) in [4.78, 5) is 0. The maximum atomic E-state index is 9.93. The van der Waals surface area contributed by atoms with Crippen molar-refractivity contribution >= 4 is 0 Å². The fourth-order valence-corrected chi connectivity index (χ4v) is 6.29. The summed E-state index contributed by atoms with van der Waals surface area (Å²) in [6.45, 7) is 8.48. The number of aliphatic hydroxyl groups is 1. The van der Waals surface area contributed by atoms with Crippen molar-refractivity contribution in [3.05, 3.63) is 34.9 Å². The van der Waals surface area contributed by atoms with Crippen LogP contribution in [0.15, 0.2) is 34.9 Å².